The molecule has 1 saturated heterocycles. The number of carbonyl (C=O) groups is 1. The lowest BCUT2D eigenvalue weighted by Crippen LogP contribution is -2.36. The summed E-state index contributed by atoms with van der Waals surface area (Å²) in [6, 6.07) is 8.00. The molecule has 34 heavy (non-hydrogen) atoms. The van der Waals surface area contributed by atoms with Gasteiger partial charge in [0.2, 0.25) is 10.0 Å². The van der Waals surface area contributed by atoms with Gasteiger partial charge in [-0.15, -0.1) is 0 Å². The van der Waals surface area contributed by atoms with Crippen LogP contribution in [-0.4, -0.2) is 64.8 Å². The first-order valence-corrected chi connectivity index (χ1v) is 12.6. The van der Waals surface area contributed by atoms with E-state index in [9.17, 15) is 18.3 Å². The summed E-state index contributed by atoms with van der Waals surface area (Å²) in [5.41, 5.74) is 1.97. The van der Waals surface area contributed by atoms with Gasteiger partial charge in [-0.1, -0.05) is 6.42 Å². The highest BCUT2D eigenvalue weighted by Gasteiger charge is 2.33. The smallest absolute Gasteiger partial charge is 0.340 e. The van der Waals surface area contributed by atoms with Crippen LogP contribution in [0.5, 0.6) is 11.5 Å². The molecule has 2 heterocycles. The van der Waals surface area contributed by atoms with Crippen LogP contribution in [0.3, 0.4) is 0 Å². The largest absolute Gasteiger partial charge is 0.496 e. The van der Waals surface area contributed by atoms with Crippen molar-refractivity contribution in [3.63, 3.8) is 0 Å². The Hall–Kier alpha value is -2.82. The van der Waals surface area contributed by atoms with Crippen LogP contribution in [0.25, 0.3) is 0 Å². The number of esters is 1. The van der Waals surface area contributed by atoms with Crippen LogP contribution in [0.4, 0.5) is 5.69 Å². The van der Waals surface area contributed by atoms with Gasteiger partial charge >= 0.3 is 5.97 Å². The Balaban J connectivity index is 1.76. The van der Waals surface area contributed by atoms with E-state index in [2.05, 4.69) is 0 Å². The van der Waals surface area contributed by atoms with Gasteiger partial charge < -0.3 is 24.2 Å². The zero-order valence-corrected chi connectivity index (χ0v) is 20.4. The number of ether oxygens (including phenoxy) is 3. The maximum absolute atomic E-state index is 13.2. The number of benzene rings is 2. The molecule has 1 atom stereocenters. The van der Waals surface area contributed by atoms with Gasteiger partial charge in [0.05, 0.1) is 37.5 Å². The first kappa shape index (κ1) is 24.3. The molecule has 0 saturated carbocycles. The van der Waals surface area contributed by atoms with Crippen LogP contribution in [0.15, 0.2) is 35.2 Å². The maximum Gasteiger partial charge on any atom is 0.340 e. The monoisotopic (exact) mass is 490 g/mol. The van der Waals surface area contributed by atoms with Gasteiger partial charge in [0.15, 0.2) is 0 Å². The molecule has 2 aromatic rings. The van der Waals surface area contributed by atoms with Gasteiger partial charge in [-0.25, -0.2) is 13.2 Å². The van der Waals surface area contributed by atoms with Crippen LogP contribution in [0.2, 0.25) is 0 Å². The first-order chi connectivity index (χ1) is 16.3. The summed E-state index contributed by atoms with van der Waals surface area (Å²) in [6.45, 7) is 1.44. The van der Waals surface area contributed by atoms with Crippen molar-refractivity contribution >= 4 is 21.7 Å². The fraction of sp³-hybridized carbons (Fsp3) is 0.458. The lowest BCUT2D eigenvalue weighted by molar-refractivity contribution is 0.0600. The molecule has 2 aromatic carbocycles. The number of carbonyl (C=O) groups excluding carboxylic acids is 1. The molecule has 4 rings (SSSR count). The van der Waals surface area contributed by atoms with Crippen molar-refractivity contribution in [1.29, 1.82) is 0 Å². The van der Waals surface area contributed by atoms with Crippen molar-refractivity contribution in [3.8, 4) is 11.5 Å². The number of sulfonamides is 1. The molecule has 1 N–H and O–H groups in total. The van der Waals surface area contributed by atoms with Crippen LogP contribution >= 0.6 is 0 Å². The maximum atomic E-state index is 13.2. The van der Waals surface area contributed by atoms with Crippen molar-refractivity contribution < 1.29 is 32.5 Å². The van der Waals surface area contributed by atoms with Gasteiger partial charge in [-0.2, -0.15) is 4.31 Å². The van der Waals surface area contributed by atoms with Crippen LogP contribution in [0.1, 0.15) is 46.9 Å². The molecule has 0 radical (unpaired) electrons. The normalized spacial score (nSPS) is 18.8. The van der Waals surface area contributed by atoms with E-state index in [4.69, 9.17) is 14.2 Å². The summed E-state index contributed by atoms with van der Waals surface area (Å²) >= 11 is 0. The minimum atomic E-state index is -3.73. The van der Waals surface area contributed by atoms with E-state index in [0.29, 0.717) is 42.4 Å². The average Bonchev–Trinajstić information content (AvgIpc) is 2.87. The number of aliphatic hydroxyl groups is 1. The zero-order chi connectivity index (χ0) is 24.5. The summed E-state index contributed by atoms with van der Waals surface area (Å²) in [7, 11) is 0.613. The number of anilines is 1. The molecule has 0 aliphatic carbocycles. The Morgan fingerprint density at radius 1 is 1.00 bits per heavy atom. The molecule has 0 spiro atoms. The molecule has 2 aliphatic rings. The summed E-state index contributed by atoms with van der Waals surface area (Å²) in [5.74, 6) is 0.492. The van der Waals surface area contributed by atoms with Crippen LogP contribution in [0, 0.1) is 0 Å². The van der Waals surface area contributed by atoms with Crippen molar-refractivity contribution in [2.45, 2.75) is 36.8 Å². The van der Waals surface area contributed by atoms with E-state index in [1.165, 1.54) is 30.7 Å². The van der Waals surface area contributed by atoms with Gasteiger partial charge in [0.1, 0.15) is 17.6 Å². The summed E-state index contributed by atoms with van der Waals surface area (Å²) < 4.78 is 43.8. The second-order valence-electron chi connectivity index (χ2n) is 8.39. The Bertz CT molecular complexity index is 1180. The van der Waals surface area contributed by atoms with E-state index in [0.717, 1.165) is 24.8 Å². The number of fused-ring (bicyclic) bond motifs is 1. The number of aliphatic hydroxyl groups excluding tert-OH is 1. The lowest BCUT2D eigenvalue weighted by atomic mass is 9.94. The van der Waals surface area contributed by atoms with Crippen LogP contribution in [-0.2, 0) is 21.3 Å². The predicted molar refractivity (Wildman–Crippen MR) is 126 cm³/mol. The molecule has 0 aromatic heterocycles. The molecule has 10 heteroatoms. The minimum Gasteiger partial charge on any atom is -0.496 e. The fourth-order valence-corrected chi connectivity index (χ4v) is 6.28. The minimum absolute atomic E-state index is 0.0516. The Morgan fingerprint density at radius 2 is 1.68 bits per heavy atom. The summed E-state index contributed by atoms with van der Waals surface area (Å²) in [5, 5.41) is 11.0. The third kappa shape index (κ3) is 4.33. The summed E-state index contributed by atoms with van der Waals surface area (Å²) in [6.07, 6.45) is 1.73. The topological polar surface area (TPSA) is 106 Å². The van der Waals surface area contributed by atoms with Gasteiger partial charge in [0, 0.05) is 37.3 Å². The molecule has 184 valence electrons. The number of hydrogen-bond acceptors (Lipinski definition) is 8. The van der Waals surface area contributed by atoms with E-state index < -0.39 is 22.1 Å². The van der Waals surface area contributed by atoms with Crippen molar-refractivity contribution in [2.75, 3.05) is 45.9 Å². The number of methoxy groups -OCH3 is 3. The second-order valence-corrected chi connectivity index (χ2v) is 10.3. The molecular formula is C24H30N2O7S. The van der Waals surface area contributed by atoms with Crippen molar-refractivity contribution in [2.24, 2.45) is 0 Å². The number of rotatable bonds is 6. The molecule has 2 aliphatic heterocycles. The number of β-amino-alcohol motifs (C(OH)–C–C–N with tert-alkyl or cyclic N) is 1. The van der Waals surface area contributed by atoms with Gasteiger partial charge in [-0.3, -0.25) is 0 Å². The SMILES string of the molecule is COC(=O)c1cc(S(=O)(=O)N2CCCCC2)ccc1N1Cc2c(OC)ccc(OC)c2[C@H](O)C1. The number of nitrogens with zero attached hydrogens (tertiary/aromatic N) is 2. The Kier molecular flexibility index (Phi) is 7.01. The molecular weight excluding hydrogens is 460 g/mol. The van der Waals surface area contributed by atoms with E-state index in [1.54, 1.807) is 25.3 Å². The Labute approximate surface area is 199 Å². The van der Waals surface area contributed by atoms with E-state index in [-0.39, 0.29) is 17.0 Å². The second kappa shape index (κ2) is 9.81. The Morgan fingerprint density at radius 3 is 2.32 bits per heavy atom. The van der Waals surface area contributed by atoms with Crippen molar-refractivity contribution in [3.05, 3.63) is 47.0 Å². The fourth-order valence-electron chi connectivity index (χ4n) is 4.74. The average molecular weight is 491 g/mol. The first-order valence-electron chi connectivity index (χ1n) is 11.2. The highest BCUT2D eigenvalue weighted by atomic mass is 32.2. The molecule has 0 unspecified atom stereocenters. The summed E-state index contributed by atoms with van der Waals surface area (Å²) in [4.78, 5) is 14.6. The van der Waals surface area contributed by atoms with Crippen molar-refractivity contribution in [1.82, 2.24) is 4.31 Å². The third-order valence-electron chi connectivity index (χ3n) is 6.46. The quantitative estimate of drug-likeness (QED) is 0.617. The standard InChI is InChI=1S/C24H30N2O7S/c1-31-21-9-10-22(32-2)23-18(21)14-25(15-20(23)27)19-8-7-16(13-17(19)24(28)33-3)34(29,30)26-11-5-4-6-12-26/h7-10,13,20,27H,4-6,11-12,14-15H2,1-3H3/t20-/m1/s1. The highest BCUT2D eigenvalue weighted by molar-refractivity contribution is 7.89. The van der Waals surface area contributed by atoms with E-state index >= 15 is 0 Å². The van der Waals surface area contributed by atoms with Crippen LogP contribution < -0.4 is 14.4 Å². The van der Waals surface area contributed by atoms with E-state index in [1.807, 2.05) is 4.90 Å². The van der Waals surface area contributed by atoms with Gasteiger partial charge in [0.25, 0.3) is 0 Å². The predicted octanol–water partition coefficient (Wildman–Crippen LogP) is 2.72. The zero-order valence-electron chi connectivity index (χ0n) is 19.6. The highest BCUT2D eigenvalue weighted by Crippen LogP contribution is 2.41. The molecule has 1 fully saturated rings. The number of hydrogen-bond donors (Lipinski definition) is 1. The van der Waals surface area contributed by atoms with Gasteiger partial charge in [-0.05, 0) is 43.2 Å². The molecule has 9 nitrogen and oxygen atoms in total. The number of piperidine rings is 1. The third-order valence-corrected chi connectivity index (χ3v) is 8.35. The molecule has 0 amide bonds. The molecule has 0 bridgehead atoms. The lowest BCUT2D eigenvalue weighted by Gasteiger charge is -2.36.